The second kappa shape index (κ2) is 7.01. The van der Waals surface area contributed by atoms with Gasteiger partial charge in [-0.1, -0.05) is 13.8 Å². The van der Waals surface area contributed by atoms with Crippen LogP contribution < -0.4 is 4.72 Å². The first-order valence-electron chi connectivity index (χ1n) is 6.08. The fourth-order valence-electron chi connectivity index (χ4n) is 1.56. The molecule has 1 atom stereocenters. The maximum atomic E-state index is 12.2. The van der Waals surface area contributed by atoms with Gasteiger partial charge in [0, 0.05) is 4.88 Å². The molecule has 0 bridgehead atoms. The molecular formula is C12H17NO6S2. The van der Waals surface area contributed by atoms with Crippen LogP contribution in [-0.2, 0) is 30.8 Å². The lowest BCUT2D eigenvalue weighted by Crippen LogP contribution is -2.44. The van der Waals surface area contributed by atoms with Crippen LogP contribution in [0.2, 0.25) is 0 Å². The molecule has 0 aliphatic heterocycles. The third kappa shape index (κ3) is 4.80. The number of rotatable bonds is 7. The minimum Gasteiger partial charge on any atom is -0.481 e. The third-order valence-corrected chi connectivity index (χ3v) is 5.65. The summed E-state index contributed by atoms with van der Waals surface area (Å²) in [5.74, 6) is -2.00. The molecule has 118 valence electrons. The highest BCUT2D eigenvalue weighted by Crippen LogP contribution is 2.23. The van der Waals surface area contributed by atoms with Crippen LogP contribution in [0.4, 0.5) is 0 Å². The van der Waals surface area contributed by atoms with Crippen LogP contribution in [0.1, 0.15) is 18.7 Å². The van der Waals surface area contributed by atoms with Crippen molar-refractivity contribution < 1.29 is 27.9 Å². The summed E-state index contributed by atoms with van der Waals surface area (Å²) in [7, 11) is -2.72. The first kappa shape index (κ1) is 17.6. The highest BCUT2D eigenvalue weighted by molar-refractivity contribution is 7.91. The predicted molar refractivity (Wildman–Crippen MR) is 76.6 cm³/mol. The van der Waals surface area contributed by atoms with E-state index in [1.807, 2.05) is 0 Å². The fourth-order valence-corrected chi connectivity index (χ4v) is 4.25. The molecule has 1 aromatic heterocycles. The number of nitrogens with one attached hydrogen (secondary N) is 1. The first-order chi connectivity index (χ1) is 9.67. The number of carboxylic acids is 1. The summed E-state index contributed by atoms with van der Waals surface area (Å²) in [5, 5.41) is 8.68. The van der Waals surface area contributed by atoms with Gasteiger partial charge in [0.15, 0.2) is 0 Å². The Morgan fingerprint density at radius 1 is 1.38 bits per heavy atom. The van der Waals surface area contributed by atoms with Crippen molar-refractivity contribution in [3.63, 3.8) is 0 Å². The van der Waals surface area contributed by atoms with Gasteiger partial charge >= 0.3 is 11.9 Å². The van der Waals surface area contributed by atoms with Crippen molar-refractivity contribution in [1.82, 2.24) is 4.72 Å². The zero-order chi connectivity index (χ0) is 16.2. The Labute approximate surface area is 127 Å². The fraction of sp³-hybridized carbons (Fsp3) is 0.500. The first-order valence-corrected chi connectivity index (χ1v) is 8.38. The standard InChI is InChI=1S/C12H17NO6S2/c1-7(2)11(12(16)19-3)13-21(17,18)10-5-4-8(20-10)6-9(14)15/h4-5,7,11,13H,6H2,1-3H3,(H,14,15). The average Bonchev–Trinajstić information content (AvgIpc) is 2.83. The van der Waals surface area contributed by atoms with Crippen molar-refractivity contribution in [2.24, 2.45) is 5.92 Å². The number of ether oxygens (including phenoxy) is 1. The Morgan fingerprint density at radius 2 is 2.00 bits per heavy atom. The molecule has 0 aromatic carbocycles. The third-order valence-electron chi connectivity index (χ3n) is 2.63. The van der Waals surface area contributed by atoms with E-state index in [-0.39, 0.29) is 16.5 Å². The van der Waals surface area contributed by atoms with E-state index in [4.69, 9.17) is 5.11 Å². The maximum Gasteiger partial charge on any atom is 0.324 e. The number of thiophene rings is 1. The summed E-state index contributed by atoms with van der Waals surface area (Å²) in [6.45, 7) is 3.38. The molecular weight excluding hydrogens is 318 g/mol. The Bertz CT molecular complexity index is 619. The van der Waals surface area contributed by atoms with Gasteiger partial charge in [-0.05, 0) is 18.1 Å². The Balaban J connectivity index is 2.97. The number of carbonyl (C=O) groups excluding carboxylic acids is 1. The van der Waals surface area contributed by atoms with Crippen LogP contribution in [0.5, 0.6) is 0 Å². The number of methoxy groups -OCH3 is 1. The van der Waals surface area contributed by atoms with E-state index in [0.29, 0.717) is 4.88 Å². The molecule has 7 nitrogen and oxygen atoms in total. The molecule has 1 unspecified atom stereocenters. The number of aliphatic carboxylic acids is 1. The van der Waals surface area contributed by atoms with Gasteiger partial charge in [-0.3, -0.25) is 9.59 Å². The zero-order valence-corrected chi connectivity index (χ0v) is 13.5. The number of carboxylic acid groups (broad SMARTS) is 1. The molecule has 0 radical (unpaired) electrons. The largest absolute Gasteiger partial charge is 0.481 e. The van der Waals surface area contributed by atoms with Crippen molar-refractivity contribution in [3.8, 4) is 0 Å². The van der Waals surface area contributed by atoms with Gasteiger partial charge in [-0.2, -0.15) is 4.72 Å². The van der Waals surface area contributed by atoms with Crippen LogP contribution in [0.3, 0.4) is 0 Å². The highest BCUT2D eigenvalue weighted by atomic mass is 32.2. The van der Waals surface area contributed by atoms with Gasteiger partial charge in [0.2, 0.25) is 0 Å². The van der Waals surface area contributed by atoms with E-state index < -0.39 is 28.0 Å². The summed E-state index contributed by atoms with van der Waals surface area (Å²) < 4.78 is 31.2. The zero-order valence-electron chi connectivity index (χ0n) is 11.8. The summed E-state index contributed by atoms with van der Waals surface area (Å²) in [4.78, 5) is 22.6. The van der Waals surface area contributed by atoms with Crippen LogP contribution in [0.15, 0.2) is 16.3 Å². The van der Waals surface area contributed by atoms with Gasteiger partial charge in [0.25, 0.3) is 10.0 Å². The van der Waals surface area contributed by atoms with Gasteiger partial charge in [-0.25, -0.2) is 8.42 Å². The maximum absolute atomic E-state index is 12.2. The van der Waals surface area contributed by atoms with E-state index in [1.165, 1.54) is 19.2 Å². The average molecular weight is 335 g/mol. The SMILES string of the molecule is COC(=O)C(NS(=O)(=O)c1ccc(CC(=O)O)s1)C(C)C. The molecule has 0 aliphatic rings. The van der Waals surface area contributed by atoms with E-state index in [9.17, 15) is 18.0 Å². The Hall–Kier alpha value is -1.45. The second-order valence-electron chi connectivity index (χ2n) is 4.66. The minimum atomic E-state index is -3.90. The van der Waals surface area contributed by atoms with Gasteiger partial charge in [0.1, 0.15) is 10.3 Å². The molecule has 0 aliphatic carbocycles. The number of hydrogen-bond acceptors (Lipinski definition) is 6. The Kier molecular flexibility index (Phi) is 5.87. The minimum absolute atomic E-state index is 0.0340. The van der Waals surface area contributed by atoms with Crippen LogP contribution in [0, 0.1) is 5.92 Å². The summed E-state index contributed by atoms with van der Waals surface area (Å²) in [6.07, 6.45) is -0.245. The molecule has 1 heterocycles. The number of hydrogen-bond donors (Lipinski definition) is 2. The quantitative estimate of drug-likeness (QED) is 0.715. The molecule has 9 heteroatoms. The molecule has 1 aromatic rings. The lowest BCUT2D eigenvalue weighted by Gasteiger charge is -2.19. The molecule has 2 N–H and O–H groups in total. The van der Waals surface area contributed by atoms with Crippen LogP contribution in [0.25, 0.3) is 0 Å². The smallest absolute Gasteiger partial charge is 0.324 e. The summed E-state index contributed by atoms with van der Waals surface area (Å²) >= 11 is 0.858. The number of esters is 1. The molecule has 0 spiro atoms. The second-order valence-corrected chi connectivity index (χ2v) is 7.77. The van der Waals surface area contributed by atoms with Crippen LogP contribution in [-0.4, -0.2) is 38.6 Å². The molecule has 0 saturated heterocycles. The van der Waals surface area contributed by atoms with Crippen molar-refractivity contribution in [3.05, 3.63) is 17.0 Å². The lowest BCUT2D eigenvalue weighted by molar-refractivity contribution is -0.143. The highest BCUT2D eigenvalue weighted by Gasteiger charge is 2.29. The summed E-state index contributed by atoms with van der Waals surface area (Å²) in [5.41, 5.74) is 0. The topological polar surface area (TPSA) is 110 Å². The summed E-state index contributed by atoms with van der Waals surface area (Å²) in [6, 6.07) is 1.76. The van der Waals surface area contributed by atoms with Crippen molar-refractivity contribution in [1.29, 1.82) is 0 Å². The van der Waals surface area contributed by atoms with Crippen LogP contribution >= 0.6 is 11.3 Å². The molecule has 21 heavy (non-hydrogen) atoms. The predicted octanol–water partition coefficient (Wildman–Crippen LogP) is 0.851. The monoisotopic (exact) mass is 335 g/mol. The normalized spacial score (nSPS) is 13.1. The van der Waals surface area contributed by atoms with Crippen molar-refractivity contribution in [2.75, 3.05) is 7.11 Å². The van der Waals surface area contributed by atoms with Gasteiger partial charge in [0.05, 0.1) is 13.5 Å². The van der Waals surface area contributed by atoms with Gasteiger partial charge in [-0.15, -0.1) is 11.3 Å². The molecule has 0 saturated carbocycles. The number of sulfonamides is 1. The van der Waals surface area contributed by atoms with E-state index in [0.717, 1.165) is 11.3 Å². The Morgan fingerprint density at radius 3 is 2.48 bits per heavy atom. The lowest BCUT2D eigenvalue weighted by atomic mass is 10.1. The molecule has 0 amide bonds. The molecule has 1 rings (SSSR count). The van der Waals surface area contributed by atoms with Gasteiger partial charge < -0.3 is 9.84 Å². The van der Waals surface area contributed by atoms with E-state index >= 15 is 0 Å². The molecule has 0 fully saturated rings. The van der Waals surface area contributed by atoms with Crippen molar-refractivity contribution in [2.45, 2.75) is 30.5 Å². The van der Waals surface area contributed by atoms with E-state index in [2.05, 4.69) is 9.46 Å². The van der Waals surface area contributed by atoms with E-state index in [1.54, 1.807) is 13.8 Å². The number of carbonyl (C=O) groups is 2. The van der Waals surface area contributed by atoms with Crippen molar-refractivity contribution >= 4 is 33.3 Å².